The normalized spacial score (nSPS) is 12.3. The van der Waals surface area contributed by atoms with E-state index in [0.29, 0.717) is 12.8 Å². The van der Waals surface area contributed by atoms with Crippen molar-refractivity contribution in [2.24, 2.45) is 0 Å². The van der Waals surface area contributed by atoms with Gasteiger partial charge < -0.3 is 0 Å². The zero-order chi connectivity index (χ0) is 15.3. The van der Waals surface area contributed by atoms with E-state index in [1.165, 1.54) is 18.0 Å². The van der Waals surface area contributed by atoms with Crippen molar-refractivity contribution in [3.05, 3.63) is 71.8 Å². The average Bonchev–Trinajstić information content (AvgIpc) is 2.47. The van der Waals surface area contributed by atoms with E-state index in [4.69, 9.17) is 0 Å². The highest BCUT2D eigenvalue weighted by atomic mass is 32.3. The van der Waals surface area contributed by atoms with Gasteiger partial charge in [0, 0.05) is 19.1 Å². The molecule has 2 aromatic carbocycles. The second-order valence-corrected chi connectivity index (χ2v) is 8.99. The summed E-state index contributed by atoms with van der Waals surface area (Å²) in [4.78, 5) is 0. The van der Waals surface area contributed by atoms with Crippen LogP contribution in [0.15, 0.2) is 60.7 Å². The van der Waals surface area contributed by atoms with Crippen LogP contribution >= 0.6 is 11.8 Å². The van der Waals surface area contributed by atoms with Gasteiger partial charge in [-0.25, -0.2) is 8.42 Å². The molecule has 0 saturated carbocycles. The SMILES string of the molecule is CSC(Cc1ccccc1)(Cc1ccccc1)S(C)(=O)=O. The molecule has 0 aliphatic heterocycles. The topological polar surface area (TPSA) is 34.1 Å². The van der Waals surface area contributed by atoms with Crippen LogP contribution in [0.2, 0.25) is 0 Å². The first-order valence-electron chi connectivity index (χ1n) is 6.79. The van der Waals surface area contributed by atoms with Gasteiger partial charge in [0.2, 0.25) is 0 Å². The quantitative estimate of drug-likeness (QED) is 0.816. The smallest absolute Gasteiger partial charge is 0.163 e. The highest BCUT2D eigenvalue weighted by Gasteiger charge is 2.40. The second kappa shape index (κ2) is 6.67. The minimum absolute atomic E-state index is 0.517. The highest BCUT2D eigenvalue weighted by Crippen LogP contribution is 2.36. The van der Waals surface area contributed by atoms with Crippen LogP contribution < -0.4 is 0 Å². The van der Waals surface area contributed by atoms with Crippen molar-refractivity contribution in [3.8, 4) is 0 Å². The van der Waals surface area contributed by atoms with E-state index in [1.54, 1.807) is 0 Å². The summed E-state index contributed by atoms with van der Waals surface area (Å²) in [5.41, 5.74) is 2.10. The molecule has 0 amide bonds. The molecule has 0 unspecified atom stereocenters. The molecule has 0 bridgehead atoms. The van der Waals surface area contributed by atoms with E-state index in [-0.39, 0.29) is 0 Å². The molecule has 0 aromatic heterocycles. The van der Waals surface area contributed by atoms with Crippen molar-refractivity contribution in [2.75, 3.05) is 12.5 Å². The second-order valence-electron chi connectivity index (χ2n) is 5.21. The van der Waals surface area contributed by atoms with Gasteiger partial charge in [-0.2, -0.15) is 0 Å². The van der Waals surface area contributed by atoms with Crippen molar-refractivity contribution in [2.45, 2.75) is 16.9 Å². The number of benzene rings is 2. The minimum Gasteiger partial charge on any atom is -0.228 e. The summed E-state index contributed by atoms with van der Waals surface area (Å²) >= 11 is 1.43. The summed E-state index contributed by atoms with van der Waals surface area (Å²) in [7, 11) is -3.21. The summed E-state index contributed by atoms with van der Waals surface area (Å²) in [6, 6.07) is 19.6. The Hall–Kier alpha value is -1.26. The fourth-order valence-corrected chi connectivity index (χ4v) is 5.12. The Morgan fingerprint density at radius 1 is 0.857 bits per heavy atom. The lowest BCUT2D eigenvalue weighted by atomic mass is 10.0. The zero-order valence-electron chi connectivity index (χ0n) is 12.3. The molecule has 112 valence electrons. The first kappa shape index (κ1) is 16.1. The summed E-state index contributed by atoms with van der Waals surface area (Å²) in [5.74, 6) is 0. The zero-order valence-corrected chi connectivity index (χ0v) is 14.0. The molecule has 4 heteroatoms. The standard InChI is InChI=1S/C17H20O2S2/c1-20-17(21(2,18)19,13-15-9-5-3-6-10-15)14-16-11-7-4-8-12-16/h3-12H,13-14H2,1-2H3. The predicted octanol–water partition coefficient (Wildman–Crippen LogP) is 3.58. The molecule has 0 radical (unpaired) electrons. The molecule has 0 N–H and O–H groups in total. The van der Waals surface area contributed by atoms with Crippen molar-refractivity contribution < 1.29 is 8.42 Å². The van der Waals surface area contributed by atoms with Gasteiger partial charge in [0.05, 0.1) is 0 Å². The Bertz CT molecular complexity index is 623. The minimum atomic E-state index is -3.21. The van der Waals surface area contributed by atoms with Crippen LogP contribution in [0, 0.1) is 0 Å². The van der Waals surface area contributed by atoms with Gasteiger partial charge in [-0.15, -0.1) is 11.8 Å². The van der Waals surface area contributed by atoms with E-state index < -0.39 is 13.9 Å². The number of thioether (sulfide) groups is 1. The molecule has 0 saturated heterocycles. The van der Waals surface area contributed by atoms with Crippen molar-refractivity contribution >= 4 is 21.6 Å². The number of hydrogen-bond donors (Lipinski definition) is 0. The van der Waals surface area contributed by atoms with Gasteiger partial charge >= 0.3 is 0 Å². The maximum atomic E-state index is 12.5. The molecule has 0 atom stereocenters. The lowest BCUT2D eigenvalue weighted by Gasteiger charge is -2.30. The van der Waals surface area contributed by atoms with E-state index in [1.807, 2.05) is 66.9 Å². The molecule has 2 aromatic rings. The fourth-order valence-electron chi connectivity index (χ4n) is 2.43. The maximum Gasteiger partial charge on any atom is 0.163 e. The van der Waals surface area contributed by atoms with Gasteiger partial charge in [0.15, 0.2) is 9.84 Å². The molecule has 21 heavy (non-hydrogen) atoms. The largest absolute Gasteiger partial charge is 0.228 e. The van der Waals surface area contributed by atoms with Crippen LogP contribution in [0.1, 0.15) is 11.1 Å². The molecule has 2 nitrogen and oxygen atoms in total. The average molecular weight is 320 g/mol. The van der Waals surface area contributed by atoms with Gasteiger partial charge in [-0.05, 0) is 17.4 Å². The van der Waals surface area contributed by atoms with E-state index >= 15 is 0 Å². The number of sulfone groups is 1. The monoisotopic (exact) mass is 320 g/mol. The van der Waals surface area contributed by atoms with E-state index in [9.17, 15) is 8.42 Å². The van der Waals surface area contributed by atoms with Gasteiger partial charge in [0.25, 0.3) is 0 Å². The summed E-state index contributed by atoms with van der Waals surface area (Å²) in [6.45, 7) is 0. The molecule has 0 aliphatic carbocycles. The number of rotatable bonds is 6. The summed E-state index contributed by atoms with van der Waals surface area (Å²) in [6.07, 6.45) is 4.26. The van der Waals surface area contributed by atoms with E-state index in [0.717, 1.165) is 11.1 Å². The fraction of sp³-hybridized carbons (Fsp3) is 0.294. The molecule has 0 spiro atoms. The molecule has 2 rings (SSSR count). The lowest BCUT2D eigenvalue weighted by Crippen LogP contribution is -2.39. The third-order valence-corrected chi connectivity index (χ3v) is 7.76. The number of hydrogen-bond acceptors (Lipinski definition) is 3. The Morgan fingerprint density at radius 3 is 1.52 bits per heavy atom. The third-order valence-electron chi connectivity index (χ3n) is 3.68. The molecule has 0 fully saturated rings. The van der Waals surface area contributed by atoms with Gasteiger partial charge in [-0.1, -0.05) is 60.7 Å². The van der Waals surface area contributed by atoms with Crippen LogP contribution in [-0.2, 0) is 22.7 Å². The summed E-state index contributed by atoms with van der Waals surface area (Å²) < 4.78 is 24.1. The van der Waals surface area contributed by atoms with Crippen molar-refractivity contribution in [1.29, 1.82) is 0 Å². The Balaban J connectivity index is 2.39. The Morgan fingerprint density at radius 2 is 1.24 bits per heavy atom. The van der Waals surface area contributed by atoms with Crippen molar-refractivity contribution in [1.82, 2.24) is 0 Å². The van der Waals surface area contributed by atoms with Crippen LogP contribution in [0.3, 0.4) is 0 Å². The molecular formula is C17H20O2S2. The van der Waals surface area contributed by atoms with Crippen molar-refractivity contribution in [3.63, 3.8) is 0 Å². The Labute approximate surface area is 131 Å². The van der Waals surface area contributed by atoms with E-state index in [2.05, 4.69) is 0 Å². The lowest BCUT2D eigenvalue weighted by molar-refractivity contribution is 0.572. The predicted molar refractivity (Wildman–Crippen MR) is 91.4 cm³/mol. The first-order valence-corrected chi connectivity index (χ1v) is 9.91. The van der Waals surface area contributed by atoms with Gasteiger partial charge in [-0.3, -0.25) is 0 Å². The molecular weight excluding hydrogens is 300 g/mol. The maximum absolute atomic E-state index is 12.5. The third kappa shape index (κ3) is 3.89. The molecule has 0 heterocycles. The van der Waals surface area contributed by atoms with Crippen LogP contribution in [-0.4, -0.2) is 25.0 Å². The Kier molecular flexibility index (Phi) is 5.12. The summed E-state index contributed by atoms with van der Waals surface area (Å²) in [5, 5.41) is 0. The first-order chi connectivity index (χ1) is 9.97. The van der Waals surface area contributed by atoms with Crippen LogP contribution in [0.25, 0.3) is 0 Å². The molecule has 0 aliphatic rings. The van der Waals surface area contributed by atoms with Gasteiger partial charge in [0.1, 0.15) is 4.08 Å². The van der Waals surface area contributed by atoms with Crippen LogP contribution in [0.5, 0.6) is 0 Å². The van der Waals surface area contributed by atoms with Crippen LogP contribution in [0.4, 0.5) is 0 Å². The highest BCUT2D eigenvalue weighted by molar-refractivity contribution is 8.14.